The summed E-state index contributed by atoms with van der Waals surface area (Å²) in [7, 11) is 2.98. The fourth-order valence-corrected chi connectivity index (χ4v) is 2.01. The summed E-state index contributed by atoms with van der Waals surface area (Å²) in [5, 5.41) is 2.82. The molecule has 1 aliphatic heterocycles. The number of anilines is 1. The number of fused-ring (bicyclic) bond motifs is 1. The average Bonchev–Trinajstić information content (AvgIpc) is 2.42. The molecule has 0 radical (unpaired) electrons. The average molecular weight is 265 g/mol. The van der Waals surface area contributed by atoms with Crippen molar-refractivity contribution >= 4 is 11.8 Å². The standard InChI is InChI=1S/C12H15N3O4/c1-4-19-11(17)7-5-8-9(13-6-7)14(2)12(18)15(3)10(8)16/h6,13H,4-5H2,1-3H3. The van der Waals surface area contributed by atoms with Crippen molar-refractivity contribution in [2.75, 3.05) is 11.9 Å². The smallest absolute Gasteiger partial charge is 0.335 e. The van der Waals surface area contributed by atoms with Crippen molar-refractivity contribution in [1.29, 1.82) is 0 Å². The summed E-state index contributed by atoms with van der Waals surface area (Å²) in [6.07, 6.45) is 1.63. The van der Waals surface area contributed by atoms with Crippen LogP contribution in [-0.2, 0) is 30.0 Å². The van der Waals surface area contributed by atoms with Crippen molar-refractivity contribution in [2.24, 2.45) is 14.1 Å². The predicted octanol–water partition coefficient (Wildman–Crippen LogP) is -0.501. The lowest BCUT2D eigenvalue weighted by Crippen LogP contribution is -2.41. The normalized spacial score (nSPS) is 13.3. The number of nitrogens with one attached hydrogen (secondary N) is 1. The molecule has 0 unspecified atom stereocenters. The van der Waals surface area contributed by atoms with Crippen molar-refractivity contribution in [3.63, 3.8) is 0 Å². The van der Waals surface area contributed by atoms with Crippen LogP contribution in [0.4, 0.5) is 5.82 Å². The van der Waals surface area contributed by atoms with E-state index >= 15 is 0 Å². The molecule has 0 fully saturated rings. The summed E-state index contributed by atoms with van der Waals surface area (Å²) in [4.78, 5) is 35.4. The molecule has 1 aromatic heterocycles. The lowest BCUT2D eigenvalue weighted by Gasteiger charge is -2.20. The molecule has 1 aromatic rings. The zero-order valence-electron chi connectivity index (χ0n) is 11.0. The van der Waals surface area contributed by atoms with Crippen LogP contribution in [0.5, 0.6) is 0 Å². The van der Waals surface area contributed by atoms with E-state index in [2.05, 4.69) is 5.32 Å². The third-order valence-electron chi connectivity index (χ3n) is 3.05. The van der Waals surface area contributed by atoms with Crippen molar-refractivity contribution < 1.29 is 9.53 Å². The SMILES string of the molecule is CCOC(=O)C1=CNc2c(c(=O)n(C)c(=O)n2C)C1. The number of rotatable bonds is 2. The zero-order chi connectivity index (χ0) is 14.2. The van der Waals surface area contributed by atoms with E-state index in [1.54, 1.807) is 14.0 Å². The number of ether oxygens (including phenoxy) is 1. The van der Waals surface area contributed by atoms with Crippen LogP contribution < -0.4 is 16.6 Å². The fraction of sp³-hybridized carbons (Fsp3) is 0.417. The van der Waals surface area contributed by atoms with Gasteiger partial charge in [0, 0.05) is 26.7 Å². The highest BCUT2D eigenvalue weighted by atomic mass is 16.5. The highest BCUT2D eigenvalue weighted by Crippen LogP contribution is 2.19. The van der Waals surface area contributed by atoms with Gasteiger partial charge in [-0.1, -0.05) is 0 Å². The molecule has 0 aliphatic carbocycles. The molecule has 7 heteroatoms. The van der Waals surface area contributed by atoms with Gasteiger partial charge in [0.05, 0.1) is 17.7 Å². The Morgan fingerprint density at radius 2 is 2.05 bits per heavy atom. The van der Waals surface area contributed by atoms with Gasteiger partial charge in [0.2, 0.25) is 0 Å². The number of hydrogen-bond acceptors (Lipinski definition) is 5. The van der Waals surface area contributed by atoms with Gasteiger partial charge in [-0.25, -0.2) is 9.59 Å². The van der Waals surface area contributed by atoms with E-state index in [1.807, 2.05) is 0 Å². The highest BCUT2D eigenvalue weighted by Gasteiger charge is 2.23. The summed E-state index contributed by atoms with van der Waals surface area (Å²) in [6, 6.07) is 0. The molecule has 0 atom stereocenters. The van der Waals surface area contributed by atoms with Gasteiger partial charge in [0.1, 0.15) is 5.82 Å². The second kappa shape index (κ2) is 4.75. The van der Waals surface area contributed by atoms with Gasteiger partial charge >= 0.3 is 11.7 Å². The van der Waals surface area contributed by atoms with E-state index in [1.165, 1.54) is 17.8 Å². The lowest BCUT2D eigenvalue weighted by atomic mass is 10.1. The van der Waals surface area contributed by atoms with E-state index in [0.29, 0.717) is 17.0 Å². The Morgan fingerprint density at radius 3 is 2.68 bits per heavy atom. The molecule has 0 amide bonds. The Hall–Kier alpha value is -2.31. The van der Waals surface area contributed by atoms with Gasteiger partial charge in [-0.05, 0) is 6.92 Å². The van der Waals surface area contributed by atoms with E-state index in [9.17, 15) is 14.4 Å². The Labute approximate surface area is 109 Å². The minimum Gasteiger partial charge on any atom is -0.463 e. The van der Waals surface area contributed by atoms with Crippen LogP contribution >= 0.6 is 0 Å². The quantitative estimate of drug-likeness (QED) is 0.729. The third-order valence-corrected chi connectivity index (χ3v) is 3.05. The van der Waals surface area contributed by atoms with E-state index in [0.717, 1.165) is 4.57 Å². The molecule has 2 rings (SSSR count). The predicted molar refractivity (Wildman–Crippen MR) is 69.0 cm³/mol. The Kier molecular flexibility index (Phi) is 3.28. The monoisotopic (exact) mass is 265 g/mol. The first-order valence-electron chi connectivity index (χ1n) is 5.89. The number of esters is 1. The van der Waals surface area contributed by atoms with E-state index in [4.69, 9.17) is 4.74 Å². The lowest BCUT2D eigenvalue weighted by molar-refractivity contribution is -0.138. The highest BCUT2D eigenvalue weighted by molar-refractivity contribution is 5.90. The minimum atomic E-state index is -0.462. The maximum Gasteiger partial charge on any atom is 0.335 e. The van der Waals surface area contributed by atoms with Crippen LogP contribution in [0.3, 0.4) is 0 Å². The van der Waals surface area contributed by atoms with Crippen LogP contribution in [0.15, 0.2) is 21.4 Å². The van der Waals surface area contributed by atoms with Crippen LogP contribution in [0.2, 0.25) is 0 Å². The number of nitrogens with zero attached hydrogens (tertiary/aromatic N) is 2. The van der Waals surface area contributed by atoms with Gasteiger partial charge in [0.25, 0.3) is 5.56 Å². The van der Waals surface area contributed by atoms with Gasteiger partial charge < -0.3 is 10.1 Å². The van der Waals surface area contributed by atoms with Crippen molar-refractivity contribution in [3.8, 4) is 0 Å². The first-order chi connectivity index (χ1) is 8.97. The minimum absolute atomic E-state index is 0.155. The first-order valence-corrected chi connectivity index (χ1v) is 5.89. The molecular formula is C12H15N3O4. The maximum atomic E-state index is 12.0. The maximum absolute atomic E-state index is 12.0. The molecule has 2 heterocycles. The summed E-state index contributed by atoms with van der Waals surface area (Å²) in [5.74, 6) is -0.0438. The summed E-state index contributed by atoms with van der Waals surface area (Å²) in [6.45, 7) is 1.99. The molecule has 0 saturated carbocycles. The molecule has 0 spiro atoms. The van der Waals surface area contributed by atoms with E-state index in [-0.39, 0.29) is 13.0 Å². The fourth-order valence-electron chi connectivity index (χ4n) is 2.01. The van der Waals surface area contributed by atoms with E-state index < -0.39 is 17.2 Å². The van der Waals surface area contributed by atoms with Crippen LogP contribution in [0.25, 0.3) is 0 Å². The molecule has 19 heavy (non-hydrogen) atoms. The number of carbonyl (C=O) groups is 1. The van der Waals surface area contributed by atoms with Crippen LogP contribution in [0.1, 0.15) is 12.5 Å². The number of hydrogen-bond donors (Lipinski definition) is 1. The number of aromatic nitrogens is 2. The molecule has 1 aliphatic rings. The topological polar surface area (TPSA) is 82.3 Å². The molecule has 0 bridgehead atoms. The summed E-state index contributed by atoms with van der Waals surface area (Å²) < 4.78 is 7.26. The van der Waals surface area contributed by atoms with Crippen LogP contribution in [0, 0.1) is 0 Å². The van der Waals surface area contributed by atoms with Gasteiger partial charge in [-0.15, -0.1) is 0 Å². The second-order valence-corrected chi connectivity index (χ2v) is 4.24. The third kappa shape index (κ3) is 2.07. The van der Waals surface area contributed by atoms with Gasteiger partial charge in [-0.3, -0.25) is 13.9 Å². The first kappa shape index (κ1) is 13.1. The Balaban J connectivity index is 2.49. The molecule has 1 N–H and O–H groups in total. The molecular weight excluding hydrogens is 250 g/mol. The van der Waals surface area contributed by atoms with Crippen molar-refractivity contribution in [2.45, 2.75) is 13.3 Å². The molecule has 0 saturated heterocycles. The number of carbonyl (C=O) groups excluding carboxylic acids is 1. The largest absolute Gasteiger partial charge is 0.463 e. The van der Waals surface area contributed by atoms with Crippen molar-refractivity contribution in [3.05, 3.63) is 38.2 Å². The zero-order valence-corrected chi connectivity index (χ0v) is 11.0. The Bertz CT molecular complexity index is 681. The Morgan fingerprint density at radius 1 is 1.37 bits per heavy atom. The summed E-state index contributed by atoms with van der Waals surface area (Å²) >= 11 is 0. The summed E-state index contributed by atoms with van der Waals surface area (Å²) in [5.41, 5.74) is -0.0648. The second-order valence-electron chi connectivity index (χ2n) is 4.24. The van der Waals surface area contributed by atoms with Crippen molar-refractivity contribution in [1.82, 2.24) is 9.13 Å². The van der Waals surface area contributed by atoms with Gasteiger partial charge in [-0.2, -0.15) is 0 Å². The molecule has 102 valence electrons. The molecule has 7 nitrogen and oxygen atoms in total. The van der Waals surface area contributed by atoms with Gasteiger partial charge in [0.15, 0.2) is 0 Å². The molecule has 0 aromatic carbocycles. The van der Waals surface area contributed by atoms with Crippen LogP contribution in [-0.4, -0.2) is 21.7 Å².